The highest BCUT2D eigenvalue weighted by Gasteiger charge is 2.16. The quantitative estimate of drug-likeness (QED) is 0.776. The molecule has 2 aromatic heterocycles. The monoisotopic (exact) mass is 337 g/mol. The second kappa shape index (κ2) is 6.97. The molecule has 0 spiro atoms. The molecule has 1 amide bonds. The van der Waals surface area contributed by atoms with Gasteiger partial charge in [0.2, 0.25) is 5.91 Å². The minimum absolute atomic E-state index is 0.0606. The van der Waals surface area contributed by atoms with Crippen molar-refractivity contribution in [1.29, 1.82) is 0 Å². The van der Waals surface area contributed by atoms with Crippen LogP contribution in [-0.2, 0) is 17.8 Å². The fraction of sp³-hybridized carbons (Fsp3) is 0.300. The molecule has 0 fully saturated rings. The molecule has 0 saturated carbocycles. The number of aromatic amines is 1. The third-order valence-electron chi connectivity index (χ3n) is 4.58. The summed E-state index contributed by atoms with van der Waals surface area (Å²) in [5.74, 6) is 0.896. The number of aromatic nitrogens is 2. The van der Waals surface area contributed by atoms with Gasteiger partial charge >= 0.3 is 0 Å². The number of hydrogen-bond acceptors (Lipinski definition) is 3. The van der Waals surface area contributed by atoms with Gasteiger partial charge in [0.15, 0.2) is 0 Å². The van der Waals surface area contributed by atoms with Crippen LogP contribution in [0.1, 0.15) is 22.4 Å². The number of ether oxygens (including phenoxy) is 1. The van der Waals surface area contributed by atoms with Crippen LogP contribution in [-0.4, -0.2) is 34.9 Å². The maximum absolute atomic E-state index is 12.6. The number of aryl methyl sites for hydroxylation is 1. The molecule has 3 aromatic rings. The van der Waals surface area contributed by atoms with E-state index in [1.807, 2.05) is 51.4 Å². The van der Waals surface area contributed by atoms with Crippen molar-refractivity contribution in [2.45, 2.75) is 26.8 Å². The lowest BCUT2D eigenvalue weighted by Gasteiger charge is -2.19. The van der Waals surface area contributed by atoms with Crippen LogP contribution in [0.4, 0.5) is 0 Å². The van der Waals surface area contributed by atoms with Crippen molar-refractivity contribution in [1.82, 2.24) is 14.9 Å². The number of likely N-dealkylation sites (N-methyl/N-ethyl adjacent to an activating group) is 1. The fourth-order valence-electron chi connectivity index (χ4n) is 3.12. The van der Waals surface area contributed by atoms with Crippen LogP contribution in [0, 0.1) is 13.8 Å². The molecule has 1 N–H and O–H groups in total. The summed E-state index contributed by atoms with van der Waals surface area (Å²) in [6.07, 6.45) is 4.07. The summed E-state index contributed by atoms with van der Waals surface area (Å²) in [5.41, 5.74) is 4.90. The number of pyridine rings is 1. The second-order valence-electron chi connectivity index (χ2n) is 6.33. The Balaban J connectivity index is 1.75. The fourth-order valence-corrected chi connectivity index (χ4v) is 3.12. The zero-order chi connectivity index (χ0) is 18.0. The molecule has 2 heterocycles. The summed E-state index contributed by atoms with van der Waals surface area (Å²) >= 11 is 0. The van der Waals surface area contributed by atoms with Gasteiger partial charge in [-0.15, -0.1) is 0 Å². The molecule has 5 heteroatoms. The lowest BCUT2D eigenvalue weighted by atomic mass is 10.1. The number of para-hydroxylation sites is 1. The number of amides is 1. The van der Waals surface area contributed by atoms with E-state index in [1.165, 1.54) is 0 Å². The Hall–Kier alpha value is -2.82. The number of fused-ring (bicyclic) bond motifs is 1. The molecule has 0 aliphatic rings. The van der Waals surface area contributed by atoms with E-state index in [9.17, 15) is 4.79 Å². The molecule has 0 saturated heterocycles. The van der Waals surface area contributed by atoms with E-state index in [1.54, 1.807) is 18.2 Å². The summed E-state index contributed by atoms with van der Waals surface area (Å²) in [6.45, 7) is 4.41. The predicted octanol–water partition coefficient (Wildman–Crippen LogP) is 3.39. The lowest BCUT2D eigenvalue weighted by molar-refractivity contribution is -0.129. The van der Waals surface area contributed by atoms with Gasteiger partial charge in [0, 0.05) is 41.5 Å². The highest BCUT2D eigenvalue weighted by molar-refractivity contribution is 5.88. The number of H-pyrrole nitrogens is 1. The van der Waals surface area contributed by atoms with E-state index >= 15 is 0 Å². The van der Waals surface area contributed by atoms with Gasteiger partial charge in [-0.25, -0.2) is 0 Å². The van der Waals surface area contributed by atoms with Crippen LogP contribution in [0.2, 0.25) is 0 Å². The number of carbonyl (C=O) groups is 1. The molecule has 0 aliphatic carbocycles. The molecule has 0 atom stereocenters. The molecular formula is C20H23N3O2. The van der Waals surface area contributed by atoms with Gasteiger partial charge in [-0.05, 0) is 25.5 Å². The standard InChI is InChI=1S/C20H23N3O2/c1-13-10-21-18(14(2)20(13)25-4)12-23(3)19(24)9-15-11-22-17-8-6-5-7-16(15)17/h5-8,10-11,22H,9,12H2,1-4H3. The number of hydrogen-bond donors (Lipinski definition) is 1. The van der Waals surface area contributed by atoms with Gasteiger partial charge in [0.05, 0.1) is 25.8 Å². The lowest BCUT2D eigenvalue weighted by Crippen LogP contribution is -2.28. The van der Waals surface area contributed by atoms with Gasteiger partial charge in [-0.2, -0.15) is 0 Å². The van der Waals surface area contributed by atoms with Crippen LogP contribution >= 0.6 is 0 Å². The Labute approximate surface area is 147 Å². The minimum Gasteiger partial charge on any atom is -0.496 e. The first-order chi connectivity index (χ1) is 12.0. The zero-order valence-electron chi connectivity index (χ0n) is 15.1. The molecule has 5 nitrogen and oxygen atoms in total. The molecule has 0 radical (unpaired) electrons. The molecule has 1 aromatic carbocycles. The first-order valence-electron chi connectivity index (χ1n) is 8.29. The van der Waals surface area contributed by atoms with Crippen molar-refractivity contribution >= 4 is 16.8 Å². The number of nitrogens with zero attached hydrogens (tertiary/aromatic N) is 2. The molecule has 0 aliphatic heterocycles. The number of methoxy groups -OCH3 is 1. The van der Waals surface area contributed by atoms with Gasteiger partial charge in [-0.1, -0.05) is 18.2 Å². The van der Waals surface area contributed by atoms with Gasteiger partial charge in [-0.3, -0.25) is 9.78 Å². The van der Waals surface area contributed by atoms with Crippen LogP contribution < -0.4 is 4.74 Å². The molecule has 130 valence electrons. The number of rotatable bonds is 5. The largest absolute Gasteiger partial charge is 0.496 e. The van der Waals surface area contributed by atoms with Crippen molar-refractivity contribution in [2.24, 2.45) is 0 Å². The maximum Gasteiger partial charge on any atom is 0.227 e. The topological polar surface area (TPSA) is 58.2 Å². The van der Waals surface area contributed by atoms with Crippen LogP contribution in [0.25, 0.3) is 10.9 Å². The summed E-state index contributed by atoms with van der Waals surface area (Å²) in [7, 11) is 3.47. The first-order valence-corrected chi connectivity index (χ1v) is 8.29. The highest BCUT2D eigenvalue weighted by atomic mass is 16.5. The Kier molecular flexibility index (Phi) is 4.74. The van der Waals surface area contributed by atoms with E-state index in [2.05, 4.69) is 9.97 Å². The Morgan fingerprint density at radius 2 is 2.04 bits per heavy atom. The van der Waals surface area contributed by atoms with E-state index in [-0.39, 0.29) is 5.91 Å². The molecule has 0 unspecified atom stereocenters. The van der Waals surface area contributed by atoms with Crippen molar-refractivity contribution in [3.05, 3.63) is 59.0 Å². The third-order valence-corrected chi connectivity index (χ3v) is 4.58. The average Bonchev–Trinajstić information content (AvgIpc) is 3.01. The van der Waals surface area contributed by atoms with Crippen LogP contribution in [0.15, 0.2) is 36.7 Å². The maximum atomic E-state index is 12.6. The van der Waals surface area contributed by atoms with Gasteiger partial charge in [0.1, 0.15) is 5.75 Å². The van der Waals surface area contributed by atoms with Crippen LogP contribution in [0.5, 0.6) is 5.75 Å². The Morgan fingerprint density at radius 1 is 1.28 bits per heavy atom. The van der Waals surface area contributed by atoms with Gasteiger partial charge in [0.25, 0.3) is 0 Å². The highest BCUT2D eigenvalue weighted by Crippen LogP contribution is 2.25. The number of nitrogens with one attached hydrogen (secondary N) is 1. The predicted molar refractivity (Wildman–Crippen MR) is 98.7 cm³/mol. The molecule has 0 bridgehead atoms. The third kappa shape index (κ3) is 3.36. The summed E-state index contributed by atoms with van der Waals surface area (Å²) in [5, 5.41) is 1.09. The van der Waals surface area contributed by atoms with E-state index in [0.717, 1.165) is 39.0 Å². The zero-order valence-corrected chi connectivity index (χ0v) is 15.1. The number of carbonyl (C=O) groups excluding carboxylic acids is 1. The average molecular weight is 337 g/mol. The first kappa shape index (κ1) is 17.0. The SMILES string of the molecule is COc1c(C)cnc(CN(C)C(=O)Cc2c[nH]c3ccccc23)c1C. The van der Waals surface area contributed by atoms with Crippen molar-refractivity contribution in [2.75, 3.05) is 14.2 Å². The van der Waals surface area contributed by atoms with Gasteiger partial charge < -0.3 is 14.6 Å². The van der Waals surface area contributed by atoms with E-state index in [4.69, 9.17) is 4.74 Å². The second-order valence-corrected chi connectivity index (χ2v) is 6.33. The van der Waals surface area contributed by atoms with Crippen molar-refractivity contribution in [3.8, 4) is 5.75 Å². The van der Waals surface area contributed by atoms with Crippen molar-refractivity contribution in [3.63, 3.8) is 0 Å². The van der Waals surface area contributed by atoms with Crippen LogP contribution in [0.3, 0.4) is 0 Å². The van der Waals surface area contributed by atoms with E-state index < -0.39 is 0 Å². The molecular weight excluding hydrogens is 314 g/mol. The number of benzene rings is 1. The normalized spacial score (nSPS) is 10.9. The Bertz CT molecular complexity index is 914. The molecule has 25 heavy (non-hydrogen) atoms. The molecule has 3 rings (SSSR count). The summed E-state index contributed by atoms with van der Waals surface area (Å²) in [6, 6.07) is 8.01. The summed E-state index contributed by atoms with van der Waals surface area (Å²) in [4.78, 5) is 22.0. The smallest absolute Gasteiger partial charge is 0.227 e. The summed E-state index contributed by atoms with van der Waals surface area (Å²) < 4.78 is 5.44. The Morgan fingerprint density at radius 3 is 2.80 bits per heavy atom. The van der Waals surface area contributed by atoms with Crippen molar-refractivity contribution < 1.29 is 9.53 Å². The minimum atomic E-state index is 0.0606. The van der Waals surface area contributed by atoms with E-state index in [0.29, 0.717) is 13.0 Å².